The smallest absolute Gasteiger partial charge is 0.257 e. The van der Waals surface area contributed by atoms with Crippen molar-refractivity contribution in [3.63, 3.8) is 0 Å². The first kappa shape index (κ1) is 22.9. The van der Waals surface area contributed by atoms with Gasteiger partial charge in [-0.15, -0.1) is 0 Å². The molecule has 2 aliphatic heterocycles. The van der Waals surface area contributed by atoms with E-state index in [1.54, 1.807) is 42.5 Å². The van der Waals surface area contributed by atoms with E-state index in [1.165, 1.54) is 28.6 Å². The minimum Gasteiger partial charge on any atom is -0.454 e. The SMILES string of the molecule is O=C(Nc1ccccc1C(=O)Nc1ccc2c(c1)OCO2)c1ccc(S(=O)(=O)N2CCCC2)cc1. The Morgan fingerprint density at radius 2 is 1.51 bits per heavy atom. The fourth-order valence-corrected chi connectivity index (χ4v) is 5.53. The predicted octanol–water partition coefficient (Wildman–Crippen LogP) is 3.70. The molecule has 3 aromatic carbocycles. The molecular weight excluding hydrogens is 470 g/mol. The van der Waals surface area contributed by atoms with Gasteiger partial charge in [-0.05, 0) is 61.4 Å². The standard InChI is InChI=1S/C25H23N3O6S/c29-24(17-7-10-19(11-8-17)35(31,32)28-13-3-4-14-28)27-21-6-2-1-5-20(21)25(30)26-18-9-12-22-23(15-18)34-16-33-22/h1-2,5-12,15H,3-4,13-14,16H2,(H,26,30)(H,27,29). The summed E-state index contributed by atoms with van der Waals surface area (Å²) in [5, 5.41) is 5.54. The topological polar surface area (TPSA) is 114 Å². The van der Waals surface area contributed by atoms with Gasteiger partial charge >= 0.3 is 0 Å². The van der Waals surface area contributed by atoms with Gasteiger partial charge in [0.05, 0.1) is 16.1 Å². The van der Waals surface area contributed by atoms with Crippen molar-refractivity contribution in [2.75, 3.05) is 30.5 Å². The fraction of sp³-hybridized carbons (Fsp3) is 0.200. The fourth-order valence-electron chi connectivity index (χ4n) is 4.01. The van der Waals surface area contributed by atoms with Crippen LogP contribution in [0.5, 0.6) is 11.5 Å². The molecule has 9 nitrogen and oxygen atoms in total. The molecule has 180 valence electrons. The minimum absolute atomic E-state index is 0.132. The molecule has 3 aromatic rings. The van der Waals surface area contributed by atoms with Crippen LogP contribution in [0.4, 0.5) is 11.4 Å². The van der Waals surface area contributed by atoms with Crippen LogP contribution in [0, 0.1) is 0 Å². The summed E-state index contributed by atoms with van der Waals surface area (Å²) in [5.41, 5.74) is 1.39. The van der Waals surface area contributed by atoms with E-state index in [2.05, 4.69) is 10.6 Å². The van der Waals surface area contributed by atoms with Crippen molar-refractivity contribution in [3.05, 3.63) is 77.9 Å². The highest BCUT2D eigenvalue weighted by molar-refractivity contribution is 7.89. The Kier molecular flexibility index (Phi) is 6.14. The number of rotatable bonds is 6. The normalized spacial score (nSPS) is 15.1. The first-order valence-corrected chi connectivity index (χ1v) is 12.6. The van der Waals surface area contributed by atoms with Crippen LogP contribution in [0.2, 0.25) is 0 Å². The van der Waals surface area contributed by atoms with E-state index in [0.29, 0.717) is 36.0 Å². The largest absolute Gasteiger partial charge is 0.454 e. The van der Waals surface area contributed by atoms with Crippen molar-refractivity contribution in [2.45, 2.75) is 17.7 Å². The molecule has 0 bridgehead atoms. The Labute approximate surface area is 202 Å². The number of para-hydroxylation sites is 1. The summed E-state index contributed by atoms with van der Waals surface area (Å²) in [5.74, 6) is 0.278. The van der Waals surface area contributed by atoms with E-state index < -0.39 is 21.8 Å². The summed E-state index contributed by atoms with van der Waals surface area (Å²) in [7, 11) is -3.56. The van der Waals surface area contributed by atoms with Gasteiger partial charge in [-0.25, -0.2) is 8.42 Å². The molecule has 0 unspecified atom stereocenters. The van der Waals surface area contributed by atoms with Gasteiger partial charge < -0.3 is 20.1 Å². The van der Waals surface area contributed by atoms with Gasteiger partial charge in [0.15, 0.2) is 11.5 Å². The van der Waals surface area contributed by atoms with E-state index in [4.69, 9.17) is 9.47 Å². The number of anilines is 2. The average molecular weight is 494 g/mol. The third-order valence-electron chi connectivity index (χ3n) is 5.87. The highest BCUT2D eigenvalue weighted by Gasteiger charge is 2.27. The molecule has 2 amide bonds. The van der Waals surface area contributed by atoms with Crippen LogP contribution in [0.1, 0.15) is 33.6 Å². The van der Waals surface area contributed by atoms with Crippen LogP contribution in [-0.2, 0) is 10.0 Å². The number of carbonyl (C=O) groups excluding carboxylic acids is 2. The second-order valence-electron chi connectivity index (χ2n) is 8.16. The lowest BCUT2D eigenvalue weighted by Crippen LogP contribution is -2.27. The molecule has 0 radical (unpaired) electrons. The van der Waals surface area contributed by atoms with Crippen LogP contribution >= 0.6 is 0 Å². The van der Waals surface area contributed by atoms with Crippen molar-refractivity contribution in [2.24, 2.45) is 0 Å². The maximum atomic E-state index is 12.9. The highest BCUT2D eigenvalue weighted by atomic mass is 32.2. The van der Waals surface area contributed by atoms with Crippen molar-refractivity contribution in [3.8, 4) is 11.5 Å². The summed E-state index contributed by atoms with van der Waals surface area (Å²) in [6.45, 7) is 1.15. The zero-order valence-corrected chi connectivity index (χ0v) is 19.5. The second-order valence-corrected chi connectivity index (χ2v) is 10.1. The predicted molar refractivity (Wildman–Crippen MR) is 129 cm³/mol. The second kappa shape index (κ2) is 9.40. The van der Waals surface area contributed by atoms with Gasteiger partial charge in [0.25, 0.3) is 11.8 Å². The quantitative estimate of drug-likeness (QED) is 0.541. The maximum Gasteiger partial charge on any atom is 0.257 e. The lowest BCUT2D eigenvalue weighted by Gasteiger charge is -2.15. The molecule has 0 spiro atoms. The van der Waals surface area contributed by atoms with Gasteiger partial charge in [-0.2, -0.15) is 4.31 Å². The molecule has 1 saturated heterocycles. The number of benzene rings is 3. The van der Waals surface area contributed by atoms with Crippen LogP contribution in [0.25, 0.3) is 0 Å². The zero-order chi connectivity index (χ0) is 24.4. The number of carbonyl (C=O) groups is 2. The first-order valence-electron chi connectivity index (χ1n) is 11.1. The molecule has 0 atom stereocenters. The van der Waals surface area contributed by atoms with Crippen LogP contribution in [0.15, 0.2) is 71.6 Å². The lowest BCUT2D eigenvalue weighted by atomic mass is 10.1. The van der Waals surface area contributed by atoms with Gasteiger partial charge in [-0.3, -0.25) is 9.59 Å². The summed E-state index contributed by atoms with van der Waals surface area (Å²) in [4.78, 5) is 25.9. The molecule has 10 heteroatoms. The number of hydrogen-bond donors (Lipinski definition) is 2. The first-order chi connectivity index (χ1) is 16.9. The maximum absolute atomic E-state index is 12.9. The monoisotopic (exact) mass is 493 g/mol. The molecular formula is C25H23N3O6S. The van der Waals surface area contributed by atoms with Crippen molar-refractivity contribution < 1.29 is 27.5 Å². The zero-order valence-electron chi connectivity index (χ0n) is 18.7. The number of hydrogen-bond acceptors (Lipinski definition) is 6. The molecule has 5 rings (SSSR count). The van der Waals surface area contributed by atoms with E-state index in [-0.39, 0.29) is 22.8 Å². The number of sulfonamides is 1. The van der Waals surface area contributed by atoms with Crippen LogP contribution < -0.4 is 20.1 Å². The Balaban J connectivity index is 1.30. The molecule has 0 aliphatic carbocycles. The van der Waals surface area contributed by atoms with Gasteiger partial charge in [-0.1, -0.05) is 12.1 Å². The molecule has 2 heterocycles. The van der Waals surface area contributed by atoms with E-state index in [0.717, 1.165) is 12.8 Å². The van der Waals surface area contributed by atoms with Gasteiger partial charge in [0, 0.05) is 30.4 Å². The van der Waals surface area contributed by atoms with Crippen molar-refractivity contribution in [1.82, 2.24) is 4.31 Å². The molecule has 1 fully saturated rings. The number of ether oxygens (including phenoxy) is 2. The van der Waals surface area contributed by atoms with E-state index in [1.807, 2.05) is 0 Å². The van der Waals surface area contributed by atoms with E-state index >= 15 is 0 Å². The Morgan fingerprint density at radius 3 is 2.29 bits per heavy atom. The Hall–Kier alpha value is -3.89. The summed E-state index contributed by atoms with van der Waals surface area (Å²) in [6.07, 6.45) is 1.70. The summed E-state index contributed by atoms with van der Waals surface area (Å²) in [6, 6.07) is 17.5. The Bertz CT molecular complexity index is 1380. The summed E-state index contributed by atoms with van der Waals surface area (Å²) < 4.78 is 37.5. The number of nitrogens with one attached hydrogen (secondary N) is 2. The highest BCUT2D eigenvalue weighted by Crippen LogP contribution is 2.34. The molecule has 2 N–H and O–H groups in total. The molecule has 0 saturated carbocycles. The lowest BCUT2D eigenvalue weighted by molar-refractivity contribution is 0.102. The number of nitrogens with zero attached hydrogens (tertiary/aromatic N) is 1. The van der Waals surface area contributed by atoms with Crippen molar-refractivity contribution in [1.29, 1.82) is 0 Å². The van der Waals surface area contributed by atoms with Gasteiger partial charge in [0.2, 0.25) is 16.8 Å². The van der Waals surface area contributed by atoms with Crippen LogP contribution in [-0.4, -0.2) is 44.4 Å². The van der Waals surface area contributed by atoms with E-state index in [9.17, 15) is 18.0 Å². The molecule has 0 aromatic heterocycles. The molecule has 35 heavy (non-hydrogen) atoms. The van der Waals surface area contributed by atoms with Crippen LogP contribution in [0.3, 0.4) is 0 Å². The number of amides is 2. The average Bonchev–Trinajstić information content (AvgIpc) is 3.57. The third kappa shape index (κ3) is 4.71. The minimum atomic E-state index is -3.56. The Morgan fingerprint density at radius 1 is 0.800 bits per heavy atom. The number of fused-ring (bicyclic) bond motifs is 1. The summed E-state index contributed by atoms with van der Waals surface area (Å²) >= 11 is 0. The third-order valence-corrected chi connectivity index (χ3v) is 7.78. The molecule has 2 aliphatic rings. The van der Waals surface area contributed by atoms with Gasteiger partial charge in [0.1, 0.15) is 0 Å². The van der Waals surface area contributed by atoms with Crippen molar-refractivity contribution >= 4 is 33.2 Å².